The molecule has 0 aliphatic heterocycles. The van der Waals surface area contributed by atoms with Crippen molar-refractivity contribution in [3.8, 4) is 5.75 Å². The summed E-state index contributed by atoms with van der Waals surface area (Å²) in [6.07, 6.45) is 7.13. The fraction of sp³-hybridized carbons (Fsp3) is 0.739. The third kappa shape index (κ3) is 3.40. The van der Waals surface area contributed by atoms with Crippen LogP contribution in [0.3, 0.4) is 0 Å². The smallest absolute Gasteiger partial charge is 0.115 e. The van der Waals surface area contributed by atoms with Crippen molar-refractivity contribution in [1.82, 2.24) is 0 Å². The van der Waals surface area contributed by atoms with Gasteiger partial charge in [0.1, 0.15) is 12.4 Å². The molecule has 1 aromatic carbocycles. The SMILES string of the molecule is C[C@]12C[C@H](CCCOCCF)[C@@H]3c4ccc(O)cc4CC[C@H]3[C@@H]1CC[C@@H]2O. The van der Waals surface area contributed by atoms with Crippen molar-refractivity contribution < 1.29 is 19.3 Å². The van der Waals surface area contributed by atoms with Gasteiger partial charge in [0.2, 0.25) is 0 Å². The van der Waals surface area contributed by atoms with E-state index in [-0.39, 0.29) is 18.1 Å². The van der Waals surface area contributed by atoms with Crippen LogP contribution in [0.4, 0.5) is 4.39 Å². The summed E-state index contributed by atoms with van der Waals surface area (Å²) in [6, 6.07) is 5.92. The number of aliphatic hydroxyl groups is 1. The minimum absolute atomic E-state index is 0.0278. The molecule has 4 rings (SSSR count). The summed E-state index contributed by atoms with van der Waals surface area (Å²) < 4.78 is 17.6. The molecule has 0 heterocycles. The Balaban J connectivity index is 1.60. The van der Waals surface area contributed by atoms with Gasteiger partial charge in [0.15, 0.2) is 0 Å². The molecule has 0 unspecified atom stereocenters. The highest BCUT2D eigenvalue weighted by atomic mass is 19.1. The van der Waals surface area contributed by atoms with E-state index in [0.717, 1.165) is 44.9 Å². The van der Waals surface area contributed by atoms with Crippen molar-refractivity contribution in [3.63, 3.8) is 0 Å². The molecule has 0 amide bonds. The van der Waals surface area contributed by atoms with Crippen LogP contribution < -0.4 is 0 Å². The largest absolute Gasteiger partial charge is 0.508 e. The molecule has 0 spiro atoms. The quantitative estimate of drug-likeness (QED) is 0.713. The van der Waals surface area contributed by atoms with Crippen LogP contribution in [0, 0.1) is 23.2 Å². The third-order valence-corrected chi connectivity index (χ3v) is 7.87. The first-order valence-corrected chi connectivity index (χ1v) is 10.7. The minimum Gasteiger partial charge on any atom is -0.508 e. The van der Waals surface area contributed by atoms with Crippen molar-refractivity contribution in [2.75, 3.05) is 19.9 Å². The number of ether oxygens (including phenoxy) is 1. The molecule has 0 saturated heterocycles. The Morgan fingerprint density at radius 2 is 2.07 bits per heavy atom. The zero-order valence-electron chi connectivity index (χ0n) is 16.4. The normalized spacial score (nSPS) is 37.5. The number of aliphatic hydroxyl groups excluding tert-OH is 1. The van der Waals surface area contributed by atoms with Gasteiger partial charge in [0.05, 0.1) is 12.7 Å². The molecule has 3 aliphatic rings. The maximum atomic E-state index is 12.3. The third-order valence-electron chi connectivity index (χ3n) is 7.87. The summed E-state index contributed by atoms with van der Waals surface area (Å²) in [6.45, 7) is 2.70. The molecule has 0 radical (unpaired) electrons. The lowest BCUT2D eigenvalue weighted by Gasteiger charge is -2.54. The predicted octanol–water partition coefficient (Wildman–Crippen LogP) is 4.60. The maximum absolute atomic E-state index is 12.3. The van der Waals surface area contributed by atoms with Crippen LogP contribution in [0.25, 0.3) is 0 Å². The second-order valence-electron chi connectivity index (χ2n) is 9.22. The van der Waals surface area contributed by atoms with Gasteiger partial charge in [-0.25, -0.2) is 4.39 Å². The lowest BCUT2D eigenvalue weighted by atomic mass is 9.51. The highest BCUT2D eigenvalue weighted by Crippen LogP contribution is 2.63. The van der Waals surface area contributed by atoms with E-state index in [1.165, 1.54) is 11.1 Å². The lowest BCUT2D eigenvalue weighted by molar-refractivity contribution is -0.0512. The number of halogens is 1. The molecular formula is C23H33FO3. The molecule has 4 heteroatoms. The number of alkyl halides is 1. The van der Waals surface area contributed by atoms with Crippen LogP contribution in [0.1, 0.15) is 62.5 Å². The van der Waals surface area contributed by atoms with Crippen molar-refractivity contribution >= 4 is 0 Å². The number of hydrogen-bond donors (Lipinski definition) is 2. The summed E-state index contributed by atoms with van der Waals surface area (Å²) in [5, 5.41) is 20.7. The van der Waals surface area contributed by atoms with Gasteiger partial charge in [-0.15, -0.1) is 0 Å². The van der Waals surface area contributed by atoms with Crippen molar-refractivity contribution in [2.24, 2.45) is 23.2 Å². The van der Waals surface area contributed by atoms with Gasteiger partial charge in [-0.1, -0.05) is 13.0 Å². The molecule has 150 valence electrons. The van der Waals surface area contributed by atoms with Crippen LogP contribution in [0.15, 0.2) is 18.2 Å². The Hall–Kier alpha value is -1.13. The molecular weight excluding hydrogens is 343 g/mol. The second-order valence-corrected chi connectivity index (χ2v) is 9.22. The van der Waals surface area contributed by atoms with Gasteiger partial charge in [0.25, 0.3) is 0 Å². The molecule has 2 saturated carbocycles. The molecule has 2 fully saturated rings. The van der Waals surface area contributed by atoms with E-state index in [1.807, 2.05) is 12.1 Å². The molecule has 6 atom stereocenters. The van der Waals surface area contributed by atoms with Gasteiger partial charge < -0.3 is 14.9 Å². The Morgan fingerprint density at radius 1 is 1.22 bits per heavy atom. The van der Waals surface area contributed by atoms with Crippen molar-refractivity contribution in [2.45, 2.75) is 63.9 Å². The number of rotatable bonds is 6. The van der Waals surface area contributed by atoms with E-state index in [4.69, 9.17) is 4.74 Å². The maximum Gasteiger partial charge on any atom is 0.115 e. The predicted molar refractivity (Wildman–Crippen MR) is 104 cm³/mol. The van der Waals surface area contributed by atoms with Gasteiger partial charge in [-0.2, -0.15) is 0 Å². The summed E-state index contributed by atoms with van der Waals surface area (Å²) in [7, 11) is 0. The molecule has 0 aromatic heterocycles. The van der Waals surface area contributed by atoms with Crippen LogP contribution in [0.2, 0.25) is 0 Å². The molecule has 2 N–H and O–H groups in total. The fourth-order valence-electron chi connectivity index (χ4n) is 6.73. The monoisotopic (exact) mass is 376 g/mol. The molecule has 27 heavy (non-hydrogen) atoms. The highest BCUT2D eigenvalue weighted by Gasteiger charge is 2.57. The first-order valence-electron chi connectivity index (χ1n) is 10.7. The number of phenols is 1. The van der Waals surface area contributed by atoms with Crippen LogP contribution in [-0.4, -0.2) is 36.2 Å². The van der Waals surface area contributed by atoms with E-state index in [1.54, 1.807) is 0 Å². The summed E-state index contributed by atoms with van der Waals surface area (Å²) in [5.41, 5.74) is 2.75. The average Bonchev–Trinajstić information content (AvgIpc) is 2.95. The van der Waals surface area contributed by atoms with Crippen LogP contribution >= 0.6 is 0 Å². The second kappa shape index (κ2) is 7.71. The number of aryl methyl sites for hydroxylation is 1. The Kier molecular flexibility index (Phi) is 5.48. The zero-order valence-corrected chi connectivity index (χ0v) is 16.4. The highest BCUT2D eigenvalue weighted by molar-refractivity contribution is 5.40. The van der Waals surface area contributed by atoms with Gasteiger partial charge in [-0.3, -0.25) is 0 Å². The topological polar surface area (TPSA) is 49.7 Å². The van der Waals surface area contributed by atoms with E-state index >= 15 is 0 Å². The number of phenolic OH excluding ortho intramolecular Hbond substituents is 1. The number of aromatic hydroxyl groups is 1. The van der Waals surface area contributed by atoms with E-state index in [0.29, 0.717) is 36.0 Å². The standard InChI is InChI=1S/C23H33FO3/c1-23-14-16(3-2-11-27-12-10-24)22-18-7-5-17(25)13-15(18)4-6-19(22)20(23)8-9-21(23)26/h5,7,13,16,19-22,25-26H,2-4,6,8-12,14H2,1H3/t16-,19-,20-,21-,22+,23-/m0/s1. The van der Waals surface area contributed by atoms with E-state index in [9.17, 15) is 14.6 Å². The summed E-state index contributed by atoms with van der Waals surface area (Å²) in [5.74, 6) is 2.61. The first kappa shape index (κ1) is 19.2. The summed E-state index contributed by atoms with van der Waals surface area (Å²) in [4.78, 5) is 0. The van der Waals surface area contributed by atoms with Gasteiger partial charge in [0, 0.05) is 6.61 Å². The van der Waals surface area contributed by atoms with Gasteiger partial charge >= 0.3 is 0 Å². The fourth-order valence-corrected chi connectivity index (χ4v) is 6.73. The first-order chi connectivity index (χ1) is 13.0. The van der Waals surface area contributed by atoms with Crippen molar-refractivity contribution in [1.29, 1.82) is 0 Å². The Bertz CT molecular complexity index is 663. The Morgan fingerprint density at radius 3 is 2.89 bits per heavy atom. The molecule has 3 aliphatic carbocycles. The molecule has 1 aromatic rings. The number of fused-ring (bicyclic) bond motifs is 5. The van der Waals surface area contributed by atoms with Crippen LogP contribution in [0.5, 0.6) is 5.75 Å². The van der Waals surface area contributed by atoms with Crippen LogP contribution in [-0.2, 0) is 11.2 Å². The van der Waals surface area contributed by atoms with E-state index < -0.39 is 6.67 Å². The van der Waals surface area contributed by atoms with E-state index in [2.05, 4.69) is 13.0 Å². The average molecular weight is 377 g/mol. The number of benzene rings is 1. The van der Waals surface area contributed by atoms with Crippen molar-refractivity contribution in [3.05, 3.63) is 29.3 Å². The minimum atomic E-state index is -0.420. The Labute approximate surface area is 161 Å². The number of hydrogen-bond acceptors (Lipinski definition) is 3. The summed E-state index contributed by atoms with van der Waals surface area (Å²) >= 11 is 0. The molecule has 3 nitrogen and oxygen atoms in total. The lowest BCUT2D eigenvalue weighted by Crippen LogP contribution is -2.48. The zero-order chi connectivity index (χ0) is 19.0. The molecule has 0 bridgehead atoms. The van der Waals surface area contributed by atoms with Gasteiger partial charge in [-0.05, 0) is 97.3 Å².